The summed E-state index contributed by atoms with van der Waals surface area (Å²) >= 11 is 1.24. The van der Waals surface area contributed by atoms with Crippen molar-refractivity contribution in [1.82, 2.24) is 4.31 Å². The Bertz CT molecular complexity index is 903. The lowest BCUT2D eigenvalue weighted by atomic mass is 10.0. The van der Waals surface area contributed by atoms with Crippen molar-refractivity contribution in [2.24, 2.45) is 0 Å². The van der Waals surface area contributed by atoms with Crippen LogP contribution in [-0.4, -0.2) is 50.9 Å². The van der Waals surface area contributed by atoms with Crippen LogP contribution in [0.15, 0.2) is 46.0 Å². The predicted octanol–water partition coefficient (Wildman–Crippen LogP) is 1.79. The second-order valence-corrected chi connectivity index (χ2v) is 10.6. The largest absolute Gasteiger partial charge is 0.323 e. The third-order valence-electron chi connectivity index (χ3n) is 5.30. The van der Waals surface area contributed by atoms with Crippen molar-refractivity contribution in [2.75, 3.05) is 31.5 Å². The zero-order chi connectivity index (χ0) is 20.3. The summed E-state index contributed by atoms with van der Waals surface area (Å²) in [5, 5.41) is 4.84. The Morgan fingerprint density at radius 2 is 1.79 bits per heavy atom. The average molecular weight is 423 g/mol. The SMILES string of the molecule is CC(C)c1ccccc1NC(=O)[C@H](C)[NH+]1CCN(S(=O)(=O)c2cccs2)CC1. The number of rotatable bonds is 6. The minimum Gasteiger partial charge on any atom is -0.323 e. The topological polar surface area (TPSA) is 70.9 Å². The molecular weight excluding hydrogens is 394 g/mol. The first kappa shape index (κ1) is 21.0. The van der Waals surface area contributed by atoms with Crippen molar-refractivity contribution < 1.29 is 18.1 Å². The smallest absolute Gasteiger partial charge is 0.282 e. The molecule has 1 aromatic carbocycles. The molecule has 0 saturated carbocycles. The normalized spacial score (nSPS) is 17.6. The van der Waals surface area contributed by atoms with Crippen molar-refractivity contribution >= 4 is 33.0 Å². The first-order valence-corrected chi connectivity index (χ1v) is 11.9. The Morgan fingerprint density at radius 3 is 2.39 bits per heavy atom. The van der Waals surface area contributed by atoms with Gasteiger partial charge in [0.25, 0.3) is 15.9 Å². The van der Waals surface area contributed by atoms with E-state index in [0.29, 0.717) is 36.3 Å². The maximum Gasteiger partial charge on any atom is 0.282 e. The molecule has 0 spiro atoms. The number of thiophene rings is 1. The van der Waals surface area contributed by atoms with Gasteiger partial charge in [0.2, 0.25) is 0 Å². The van der Waals surface area contributed by atoms with E-state index < -0.39 is 10.0 Å². The van der Waals surface area contributed by atoms with Gasteiger partial charge >= 0.3 is 0 Å². The molecule has 1 atom stereocenters. The van der Waals surface area contributed by atoms with Crippen molar-refractivity contribution in [3.05, 3.63) is 47.3 Å². The highest BCUT2D eigenvalue weighted by Gasteiger charge is 2.34. The molecule has 1 aromatic heterocycles. The van der Waals surface area contributed by atoms with Crippen LogP contribution in [0.3, 0.4) is 0 Å². The Balaban J connectivity index is 1.61. The van der Waals surface area contributed by atoms with Gasteiger partial charge in [-0.25, -0.2) is 8.42 Å². The summed E-state index contributed by atoms with van der Waals surface area (Å²) in [4.78, 5) is 13.9. The van der Waals surface area contributed by atoms with E-state index in [0.717, 1.165) is 16.2 Å². The van der Waals surface area contributed by atoms with Crippen LogP contribution in [0.25, 0.3) is 0 Å². The first-order valence-electron chi connectivity index (χ1n) is 9.58. The number of hydrogen-bond donors (Lipinski definition) is 2. The summed E-state index contributed by atoms with van der Waals surface area (Å²) in [6.07, 6.45) is 0. The lowest BCUT2D eigenvalue weighted by molar-refractivity contribution is -0.917. The van der Waals surface area contributed by atoms with Gasteiger partial charge in [-0.05, 0) is 35.9 Å². The number of carbonyl (C=O) groups is 1. The Morgan fingerprint density at radius 1 is 1.11 bits per heavy atom. The lowest BCUT2D eigenvalue weighted by Crippen LogP contribution is -3.19. The van der Waals surface area contributed by atoms with E-state index in [1.54, 1.807) is 17.5 Å². The average Bonchev–Trinajstić information content (AvgIpc) is 3.23. The summed E-state index contributed by atoms with van der Waals surface area (Å²) in [7, 11) is -3.41. The van der Waals surface area contributed by atoms with Crippen LogP contribution < -0.4 is 10.2 Å². The van der Waals surface area contributed by atoms with Crippen molar-refractivity contribution in [3.8, 4) is 0 Å². The van der Waals surface area contributed by atoms with E-state index >= 15 is 0 Å². The van der Waals surface area contributed by atoms with E-state index in [1.807, 2.05) is 31.2 Å². The molecule has 0 unspecified atom stereocenters. The van der Waals surface area contributed by atoms with Gasteiger partial charge in [-0.15, -0.1) is 11.3 Å². The molecule has 28 heavy (non-hydrogen) atoms. The minimum absolute atomic E-state index is 0.0299. The van der Waals surface area contributed by atoms with E-state index in [2.05, 4.69) is 19.2 Å². The summed E-state index contributed by atoms with van der Waals surface area (Å²) in [6, 6.07) is 11.0. The summed E-state index contributed by atoms with van der Waals surface area (Å²) in [5.41, 5.74) is 1.97. The van der Waals surface area contributed by atoms with E-state index in [1.165, 1.54) is 15.6 Å². The van der Waals surface area contributed by atoms with Gasteiger partial charge in [0.15, 0.2) is 6.04 Å². The van der Waals surface area contributed by atoms with E-state index in [4.69, 9.17) is 0 Å². The standard InChI is InChI=1S/C20H27N3O3S2/c1-15(2)17-7-4-5-8-18(17)21-20(24)16(3)22-10-12-23(13-11-22)28(25,26)19-9-6-14-27-19/h4-9,14-16H,10-13H2,1-3H3,(H,21,24)/p+1/t16-/m0/s1. The van der Waals surface area contributed by atoms with Gasteiger partial charge in [-0.1, -0.05) is 38.1 Å². The zero-order valence-corrected chi connectivity index (χ0v) is 18.1. The zero-order valence-electron chi connectivity index (χ0n) is 16.5. The lowest BCUT2D eigenvalue weighted by Gasteiger charge is -2.34. The van der Waals surface area contributed by atoms with Crippen LogP contribution in [-0.2, 0) is 14.8 Å². The fraction of sp³-hybridized carbons (Fsp3) is 0.450. The summed E-state index contributed by atoms with van der Waals surface area (Å²) < 4.78 is 27.2. The Labute approximate surface area is 171 Å². The molecule has 1 saturated heterocycles. The molecule has 1 aliphatic rings. The number of amides is 1. The minimum atomic E-state index is -3.41. The summed E-state index contributed by atoms with van der Waals surface area (Å²) in [6.45, 7) is 8.20. The quantitative estimate of drug-likeness (QED) is 0.746. The molecule has 2 aromatic rings. The number of piperazine rings is 1. The molecule has 1 fully saturated rings. The molecule has 0 bridgehead atoms. The van der Waals surface area contributed by atoms with Gasteiger partial charge in [0.05, 0.1) is 26.2 Å². The summed E-state index contributed by atoms with van der Waals surface area (Å²) in [5.74, 6) is 0.294. The highest BCUT2D eigenvalue weighted by molar-refractivity contribution is 7.91. The van der Waals surface area contributed by atoms with Crippen LogP contribution in [0.4, 0.5) is 5.69 Å². The van der Waals surface area contributed by atoms with Gasteiger partial charge in [-0.3, -0.25) is 4.79 Å². The highest BCUT2D eigenvalue weighted by Crippen LogP contribution is 2.24. The van der Waals surface area contributed by atoms with Gasteiger partial charge in [0, 0.05) is 5.69 Å². The predicted molar refractivity (Wildman–Crippen MR) is 112 cm³/mol. The van der Waals surface area contributed by atoms with Crippen molar-refractivity contribution in [1.29, 1.82) is 0 Å². The number of para-hydroxylation sites is 1. The number of hydrogen-bond acceptors (Lipinski definition) is 4. The Hall–Kier alpha value is -1.74. The second kappa shape index (κ2) is 8.73. The van der Waals surface area contributed by atoms with Crippen LogP contribution >= 0.6 is 11.3 Å². The molecule has 2 heterocycles. The number of quaternary nitrogens is 1. The van der Waals surface area contributed by atoms with Crippen LogP contribution in [0.5, 0.6) is 0 Å². The number of nitrogens with zero attached hydrogens (tertiary/aromatic N) is 1. The molecule has 0 aliphatic carbocycles. The maximum absolute atomic E-state index is 12.8. The fourth-order valence-corrected chi connectivity index (χ4v) is 6.11. The first-order chi connectivity index (χ1) is 13.3. The number of anilines is 1. The molecular formula is C20H28N3O3S2+. The van der Waals surface area contributed by atoms with Gasteiger partial charge < -0.3 is 10.2 Å². The monoisotopic (exact) mass is 422 g/mol. The maximum atomic E-state index is 12.8. The fourth-order valence-electron chi connectivity index (χ4n) is 3.52. The number of benzene rings is 1. The molecule has 152 valence electrons. The molecule has 0 radical (unpaired) electrons. The molecule has 1 amide bonds. The van der Waals surface area contributed by atoms with Crippen LogP contribution in [0.2, 0.25) is 0 Å². The third kappa shape index (κ3) is 4.46. The van der Waals surface area contributed by atoms with Crippen LogP contribution in [0.1, 0.15) is 32.3 Å². The molecule has 8 heteroatoms. The van der Waals surface area contributed by atoms with Gasteiger partial charge in [-0.2, -0.15) is 4.31 Å². The third-order valence-corrected chi connectivity index (χ3v) is 8.57. The van der Waals surface area contributed by atoms with Crippen LogP contribution in [0, 0.1) is 0 Å². The van der Waals surface area contributed by atoms with Crippen molar-refractivity contribution in [3.63, 3.8) is 0 Å². The molecule has 2 N–H and O–H groups in total. The van der Waals surface area contributed by atoms with Gasteiger partial charge in [0.1, 0.15) is 4.21 Å². The molecule has 3 rings (SSSR count). The second-order valence-electron chi connectivity index (χ2n) is 7.45. The molecule has 1 aliphatic heterocycles. The number of nitrogens with one attached hydrogen (secondary N) is 2. The van der Waals surface area contributed by atoms with E-state index in [9.17, 15) is 13.2 Å². The van der Waals surface area contributed by atoms with Crippen molar-refractivity contribution in [2.45, 2.75) is 36.9 Å². The Kier molecular flexibility index (Phi) is 6.54. The van der Waals surface area contributed by atoms with E-state index in [-0.39, 0.29) is 11.9 Å². The number of carbonyl (C=O) groups excluding carboxylic acids is 1. The molecule has 6 nitrogen and oxygen atoms in total. The number of sulfonamides is 1. The highest BCUT2D eigenvalue weighted by atomic mass is 32.2.